The standard InChI is InChI=1S/C12H16N2O4S/c1-7(8-2-4-18-5-3-8)13-10(15)11-14-9(6-19-11)12(16)17/h6-8H,2-5H2,1H3,(H,13,15)(H,16,17). The molecule has 0 radical (unpaired) electrons. The maximum atomic E-state index is 11.9. The Morgan fingerprint density at radius 2 is 2.21 bits per heavy atom. The van der Waals surface area contributed by atoms with Gasteiger partial charge in [-0.2, -0.15) is 0 Å². The lowest BCUT2D eigenvalue weighted by molar-refractivity contribution is 0.0538. The average Bonchev–Trinajstić information content (AvgIpc) is 2.89. The molecule has 0 aliphatic carbocycles. The summed E-state index contributed by atoms with van der Waals surface area (Å²) in [5, 5.41) is 13.2. The third kappa shape index (κ3) is 3.51. The van der Waals surface area contributed by atoms with Crippen molar-refractivity contribution in [2.45, 2.75) is 25.8 Å². The van der Waals surface area contributed by atoms with Gasteiger partial charge >= 0.3 is 5.97 Å². The molecule has 0 aromatic carbocycles. The predicted octanol–water partition coefficient (Wildman–Crippen LogP) is 1.39. The molecule has 1 aromatic rings. The third-order valence-electron chi connectivity index (χ3n) is 3.25. The maximum absolute atomic E-state index is 11.9. The highest BCUT2D eigenvalue weighted by Crippen LogP contribution is 2.19. The molecule has 7 heteroatoms. The molecular formula is C12H16N2O4S. The molecule has 1 amide bonds. The van der Waals surface area contributed by atoms with Crippen molar-refractivity contribution in [1.82, 2.24) is 10.3 Å². The number of nitrogens with zero attached hydrogens (tertiary/aromatic N) is 1. The molecule has 1 aromatic heterocycles. The Balaban J connectivity index is 1.93. The molecule has 1 aliphatic heterocycles. The number of carbonyl (C=O) groups is 2. The number of aromatic carboxylic acids is 1. The average molecular weight is 284 g/mol. The Hall–Kier alpha value is -1.47. The normalized spacial score (nSPS) is 17.9. The van der Waals surface area contributed by atoms with Crippen LogP contribution in [-0.2, 0) is 4.74 Å². The molecule has 104 valence electrons. The molecule has 1 aliphatic rings. The topological polar surface area (TPSA) is 88.5 Å². The van der Waals surface area contributed by atoms with Crippen LogP contribution in [0.25, 0.3) is 0 Å². The Morgan fingerprint density at radius 3 is 2.79 bits per heavy atom. The summed E-state index contributed by atoms with van der Waals surface area (Å²) in [7, 11) is 0. The molecule has 2 N–H and O–H groups in total. The molecule has 1 atom stereocenters. The van der Waals surface area contributed by atoms with Gasteiger partial charge in [0.2, 0.25) is 0 Å². The van der Waals surface area contributed by atoms with E-state index >= 15 is 0 Å². The molecular weight excluding hydrogens is 268 g/mol. The molecule has 0 bridgehead atoms. The van der Waals surface area contributed by atoms with Gasteiger partial charge in [-0.3, -0.25) is 4.79 Å². The van der Waals surface area contributed by atoms with Crippen molar-refractivity contribution in [2.24, 2.45) is 5.92 Å². The van der Waals surface area contributed by atoms with Gasteiger partial charge in [-0.25, -0.2) is 9.78 Å². The fraction of sp³-hybridized carbons (Fsp3) is 0.583. The molecule has 6 nitrogen and oxygen atoms in total. The van der Waals surface area contributed by atoms with Gasteiger partial charge in [0.05, 0.1) is 0 Å². The Kier molecular flexibility index (Phi) is 4.49. The largest absolute Gasteiger partial charge is 0.476 e. The van der Waals surface area contributed by atoms with E-state index in [1.165, 1.54) is 5.38 Å². The van der Waals surface area contributed by atoms with E-state index in [4.69, 9.17) is 9.84 Å². The van der Waals surface area contributed by atoms with Gasteiger partial charge in [-0.15, -0.1) is 11.3 Å². The quantitative estimate of drug-likeness (QED) is 0.872. The van der Waals surface area contributed by atoms with Crippen LogP contribution in [0.15, 0.2) is 5.38 Å². The Morgan fingerprint density at radius 1 is 1.53 bits per heavy atom. The van der Waals surface area contributed by atoms with Crippen LogP contribution in [0.1, 0.15) is 40.1 Å². The number of thiazole rings is 1. The minimum absolute atomic E-state index is 0.0357. The van der Waals surface area contributed by atoms with Crippen molar-refractivity contribution >= 4 is 23.2 Å². The first-order valence-electron chi connectivity index (χ1n) is 6.15. The van der Waals surface area contributed by atoms with E-state index in [0.717, 1.165) is 37.4 Å². The van der Waals surface area contributed by atoms with Crippen LogP contribution in [0.4, 0.5) is 0 Å². The van der Waals surface area contributed by atoms with Crippen molar-refractivity contribution in [2.75, 3.05) is 13.2 Å². The summed E-state index contributed by atoms with van der Waals surface area (Å²) in [5.41, 5.74) is -0.0890. The van der Waals surface area contributed by atoms with Crippen LogP contribution in [0, 0.1) is 5.92 Å². The fourth-order valence-corrected chi connectivity index (χ4v) is 2.77. The number of amides is 1. The van der Waals surface area contributed by atoms with Gasteiger partial charge in [0.1, 0.15) is 0 Å². The highest BCUT2D eigenvalue weighted by Gasteiger charge is 2.23. The van der Waals surface area contributed by atoms with Gasteiger partial charge in [0.15, 0.2) is 10.7 Å². The maximum Gasteiger partial charge on any atom is 0.355 e. The van der Waals surface area contributed by atoms with Gasteiger partial charge in [-0.05, 0) is 25.7 Å². The van der Waals surface area contributed by atoms with Crippen molar-refractivity contribution in [3.63, 3.8) is 0 Å². The van der Waals surface area contributed by atoms with Crippen LogP contribution in [0.3, 0.4) is 0 Å². The van der Waals surface area contributed by atoms with Crippen LogP contribution in [0.2, 0.25) is 0 Å². The molecule has 1 fully saturated rings. The highest BCUT2D eigenvalue weighted by molar-refractivity contribution is 7.11. The second-order valence-corrected chi connectivity index (χ2v) is 5.41. The SMILES string of the molecule is CC(NC(=O)c1nc(C(=O)O)cs1)C1CCOCC1. The molecule has 0 saturated carbocycles. The minimum Gasteiger partial charge on any atom is -0.476 e. The first kappa shape index (κ1) is 14.0. The van der Waals surface area contributed by atoms with Gasteiger partial charge in [0, 0.05) is 24.6 Å². The summed E-state index contributed by atoms with van der Waals surface area (Å²) in [6.07, 6.45) is 1.86. The first-order valence-corrected chi connectivity index (χ1v) is 7.03. The zero-order chi connectivity index (χ0) is 13.8. The second kappa shape index (κ2) is 6.12. The van der Waals surface area contributed by atoms with Crippen molar-refractivity contribution < 1.29 is 19.4 Å². The van der Waals surface area contributed by atoms with Crippen LogP contribution < -0.4 is 5.32 Å². The van der Waals surface area contributed by atoms with Crippen LogP contribution in [0.5, 0.6) is 0 Å². The predicted molar refractivity (Wildman–Crippen MR) is 69.5 cm³/mol. The molecule has 1 saturated heterocycles. The van der Waals surface area contributed by atoms with E-state index in [0.29, 0.717) is 5.92 Å². The minimum atomic E-state index is -1.12. The molecule has 0 spiro atoms. The fourth-order valence-electron chi connectivity index (χ4n) is 2.08. The van der Waals surface area contributed by atoms with E-state index in [1.54, 1.807) is 0 Å². The third-order valence-corrected chi connectivity index (χ3v) is 4.09. The van der Waals surface area contributed by atoms with Crippen molar-refractivity contribution in [3.05, 3.63) is 16.1 Å². The number of ether oxygens (including phenoxy) is 1. The molecule has 2 heterocycles. The monoisotopic (exact) mass is 284 g/mol. The smallest absolute Gasteiger partial charge is 0.355 e. The summed E-state index contributed by atoms with van der Waals surface area (Å²) in [6, 6.07) is 0.0357. The number of carboxylic acids is 1. The van der Waals surface area contributed by atoms with E-state index in [1.807, 2.05) is 6.92 Å². The van der Waals surface area contributed by atoms with Crippen LogP contribution >= 0.6 is 11.3 Å². The summed E-state index contributed by atoms with van der Waals surface area (Å²) < 4.78 is 5.28. The first-order chi connectivity index (χ1) is 9.08. The van der Waals surface area contributed by atoms with Crippen molar-refractivity contribution in [1.29, 1.82) is 0 Å². The van der Waals surface area contributed by atoms with Gasteiger partial charge < -0.3 is 15.2 Å². The number of carbonyl (C=O) groups excluding carboxylic acids is 1. The number of carboxylic acid groups (broad SMARTS) is 1. The van der Waals surface area contributed by atoms with E-state index in [9.17, 15) is 9.59 Å². The number of rotatable bonds is 4. The number of nitrogens with one attached hydrogen (secondary N) is 1. The Labute approximate surface area is 114 Å². The van der Waals surface area contributed by atoms with E-state index in [2.05, 4.69) is 10.3 Å². The summed E-state index contributed by atoms with van der Waals surface area (Å²) in [4.78, 5) is 26.4. The summed E-state index contributed by atoms with van der Waals surface area (Å²) in [5.74, 6) is -1.03. The van der Waals surface area contributed by atoms with E-state index < -0.39 is 5.97 Å². The molecule has 19 heavy (non-hydrogen) atoms. The van der Waals surface area contributed by atoms with Gasteiger partial charge in [0.25, 0.3) is 5.91 Å². The second-order valence-electron chi connectivity index (χ2n) is 4.55. The zero-order valence-electron chi connectivity index (χ0n) is 10.6. The molecule has 1 unspecified atom stereocenters. The lowest BCUT2D eigenvalue weighted by atomic mass is 9.93. The number of aromatic nitrogens is 1. The highest BCUT2D eigenvalue weighted by atomic mass is 32.1. The van der Waals surface area contributed by atoms with E-state index in [-0.39, 0.29) is 22.7 Å². The lowest BCUT2D eigenvalue weighted by Gasteiger charge is -2.28. The summed E-state index contributed by atoms with van der Waals surface area (Å²) in [6.45, 7) is 3.41. The lowest BCUT2D eigenvalue weighted by Crippen LogP contribution is -2.40. The summed E-state index contributed by atoms with van der Waals surface area (Å²) >= 11 is 1.05. The Bertz CT molecular complexity index is 468. The number of hydrogen-bond donors (Lipinski definition) is 2. The van der Waals surface area contributed by atoms with Gasteiger partial charge in [-0.1, -0.05) is 0 Å². The zero-order valence-corrected chi connectivity index (χ0v) is 11.4. The van der Waals surface area contributed by atoms with Crippen molar-refractivity contribution in [3.8, 4) is 0 Å². The van der Waals surface area contributed by atoms with Crippen LogP contribution in [-0.4, -0.2) is 41.2 Å². The number of hydrogen-bond acceptors (Lipinski definition) is 5. The molecule has 2 rings (SSSR count).